The van der Waals surface area contributed by atoms with Crippen molar-refractivity contribution in [3.8, 4) is 11.5 Å². The highest BCUT2D eigenvalue weighted by molar-refractivity contribution is 6.02. The van der Waals surface area contributed by atoms with Crippen molar-refractivity contribution in [3.63, 3.8) is 0 Å². The predicted octanol–water partition coefficient (Wildman–Crippen LogP) is 3.73. The third kappa shape index (κ3) is 4.59. The van der Waals surface area contributed by atoms with E-state index in [2.05, 4.69) is 10.5 Å². The highest BCUT2D eigenvalue weighted by Crippen LogP contribution is 2.18. The summed E-state index contributed by atoms with van der Waals surface area (Å²) in [6.45, 7) is 4.52. The number of aromatic hydroxyl groups is 1. The van der Waals surface area contributed by atoms with Crippen LogP contribution in [0, 0.1) is 0 Å². The number of nitrogens with one attached hydrogen (secondary N) is 1. The molecule has 0 atom stereocenters. The summed E-state index contributed by atoms with van der Waals surface area (Å²) in [4.78, 5) is 12.4. The van der Waals surface area contributed by atoms with E-state index in [1.54, 1.807) is 42.5 Å². The number of hydrogen-bond donors (Lipinski definition) is 2. The van der Waals surface area contributed by atoms with Crippen LogP contribution in [0.15, 0.2) is 53.6 Å². The first-order valence-corrected chi connectivity index (χ1v) is 8.03. The van der Waals surface area contributed by atoms with Gasteiger partial charge in [-0.3, -0.25) is 4.79 Å². The zero-order chi connectivity index (χ0) is 17.4. The molecule has 2 rings (SSSR count). The molecule has 5 heteroatoms. The number of carbonyl (C=O) groups is 1. The van der Waals surface area contributed by atoms with Crippen LogP contribution in [-0.2, 0) is 0 Å². The maximum Gasteiger partial charge on any atom is 0.275 e. The number of amides is 1. The summed E-state index contributed by atoms with van der Waals surface area (Å²) in [6.07, 6.45) is 1.52. The second kappa shape index (κ2) is 8.72. The van der Waals surface area contributed by atoms with Gasteiger partial charge < -0.3 is 9.84 Å². The van der Waals surface area contributed by atoms with Crippen LogP contribution >= 0.6 is 0 Å². The van der Waals surface area contributed by atoms with E-state index in [-0.39, 0.29) is 11.7 Å². The summed E-state index contributed by atoms with van der Waals surface area (Å²) in [6, 6.07) is 13.8. The lowest BCUT2D eigenvalue weighted by Gasteiger charge is -2.10. The van der Waals surface area contributed by atoms with Gasteiger partial charge in [0, 0.05) is 0 Å². The minimum absolute atomic E-state index is 0.195. The molecule has 5 nitrogen and oxygen atoms in total. The first-order chi connectivity index (χ1) is 11.7. The zero-order valence-corrected chi connectivity index (χ0v) is 14.0. The Bertz CT molecular complexity index is 709. The molecule has 0 saturated carbocycles. The van der Waals surface area contributed by atoms with Crippen molar-refractivity contribution in [2.45, 2.75) is 26.7 Å². The maximum absolute atomic E-state index is 12.4. The topological polar surface area (TPSA) is 70.9 Å². The molecular formula is C19H22N2O3. The minimum Gasteiger partial charge on any atom is -0.508 e. The van der Waals surface area contributed by atoms with E-state index in [0.717, 1.165) is 17.7 Å². The molecule has 2 aromatic carbocycles. The second-order valence-corrected chi connectivity index (χ2v) is 5.24. The van der Waals surface area contributed by atoms with Crippen molar-refractivity contribution in [2.75, 3.05) is 6.61 Å². The molecule has 2 aromatic rings. The van der Waals surface area contributed by atoms with Crippen LogP contribution in [0.4, 0.5) is 0 Å². The highest BCUT2D eigenvalue weighted by atomic mass is 16.5. The Kier molecular flexibility index (Phi) is 6.37. The Hall–Kier alpha value is -2.82. The SMILES string of the molecule is CCCOc1ccccc1C(=O)NN=C(CC)c1ccc(O)cc1. The molecule has 0 heterocycles. The van der Waals surface area contributed by atoms with Gasteiger partial charge >= 0.3 is 0 Å². The molecule has 0 aliphatic rings. The van der Waals surface area contributed by atoms with Crippen molar-refractivity contribution >= 4 is 11.6 Å². The summed E-state index contributed by atoms with van der Waals surface area (Å²) >= 11 is 0. The lowest BCUT2D eigenvalue weighted by molar-refractivity contribution is 0.0950. The molecule has 1 amide bonds. The molecular weight excluding hydrogens is 304 g/mol. The van der Waals surface area contributed by atoms with Gasteiger partial charge in [0.05, 0.1) is 17.9 Å². The number of ether oxygens (including phenoxy) is 1. The van der Waals surface area contributed by atoms with Gasteiger partial charge in [0.1, 0.15) is 11.5 Å². The van der Waals surface area contributed by atoms with Gasteiger partial charge in [-0.05, 0) is 54.8 Å². The first kappa shape index (κ1) is 17.5. The number of hydrazone groups is 1. The van der Waals surface area contributed by atoms with E-state index in [1.165, 1.54) is 0 Å². The molecule has 0 saturated heterocycles. The van der Waals surface area contributed by atoms with Crippen molar-refractivity contribution in [1.29, 1.82) is 0 Å². The fourth-order valence-electron chi connectivity index (χ4n) is 2.17. The Morgan fingerprint density at radius 3 is 2.50 bits per heavy atom. The summed E-state index contributed by atoms with van der Waals surface area (Å²) in [5, 5.41) is 13.6. The monoisotopic (exact) mass is 326 g/mol. The Balaban J connectivity index is 2.15. The predicted molar refractivity (Wildman–Crippen MR) is 94.6 cm³/mol. The molecule has 0 aliphatic carbocycles. The molecule has 126 valence electrons. The Labute approximate surface area is 142 Å². The molecule has 0 aliphatic heterocycles. The molecule has 0 bridgehead atoms. The van der Waals surface area contributed by atoms with Crippen molar-refractivity contribution in [2.24, 2.45) is 5.10 Å². The second-order valence-electron chi connectivity index (χ2n) is 5.24. The van der Waals surface area contributed by atoms with E-state index in [1.807, 2.05) is 19.9 Å². The number of nitrogens with zero attached hydrogens (tertiary/aromatic N) is 1. The summed E-state index contributed by atoms with van der Waals surface area (Å²) in [7, 11) is 0. The summed E-state index contributed by atoms with van der Waals surface area (Å²) in [5.41, 5.74) is 4.63. The summed E-state index contributed by atoms with van der Waals surface area (Å²) < 4.78 is 5.60. The van der Waals surface area contributed by atoms with Crippen LogP contribution in [0.5, 0.6) is 11.5 Å². The van der Waals surface area contributed by atoms with Gasteiger partial charge in [0.2, 0.25) is 0 Å². The number of para-hydroxylation sites is 1. The fourth-order valence-corrected chi connectivity index (χ4v) is 2.17. The number of carbonyl (C=O) groups excluding carboxylic acids is 1. The zero-order valence-electron chi connectivity index (χ0n) is 14.0. The number of phenols is 1. The van der Waals surface area contributed by atoms with Crippen LogP contribution in [0.25, 0.3) is 0 Å². The largest absolute Gasteiger partial charge is 0.508 e. The first-order valence-electron chi connectivity index (χ1n) is 8.03. The van der Waals surface area contributed by atoms with E-state index in [0.29, 0.717) is 24.3 Å². The number of phenolic OH excluding ortho intramolecular Hbond substituents is 1. The molecule has 2 N–H and O–H groups in total. The molecule has 0 radical (unpaired) electrons. The average molecular weight is 326 g/mol. The van der Waals surface area contributed by atoms with E-state index in [9.17, 15) is 9.90 Å². The molecule has 24 heavy (non-hydrogen) atoms. The average Bonchev–Trinajstić information content (AvgIpc) is 2.62. The van der Waals surface area contributed by atoms with Gasteiger partial charge in [-0.25, -0.2) is 5.43 Å². The fraction of sp³-hybridized carbons (Fsp3) is 0.263. The lowest BCUT2D eigenvalue weighted by Crippen LogP contribution is -2.21. The third-order valence-corrected chi connectivity index (χ3v) is 3.42. The smallest absolute Gasteiger partial charge is 0.275 e. The number of hydrogen-bond acceptors (Lipinski definition) is 4. The van der Waals surface area contributed by atoms with Crippen LogP contribution in [0.1, 0.15) is 42.6 Å². The summed E-state index contributed by atoms with van der Waals surface area (Å²) in [5.74, 6) is 0.432. The van der Waals surface area contributed by atoms with Crippen LogP contribution in [0.3, 0.4) is 0 Å². The van der Waals surface area contributed by atoms with Gasteiger partial charge in [-0.1, -0.05) is 26.0 Å². The van der Waals surface area contributed by atoms with Gasteiger partial charge in [0.15, 0.2) is 0 Å². The van der Waals surface area contributed by atoms with E-state index >= 15 is 0 Å². The normalized spacial score (nSPS) is 11.2. The van der Waals surface area contributed by atoms with Crippen LogP contribution < -0.4 is 10.2 Å². The highest BCUT2D eigenvalue weighted by Gasteiger charge is 2.12. The van der Waals surface area contributed by atoms with Crippen molar-refractivity contribution in [3.05, 3.63) is 59.7 Å². The number of rotatable bonds is 7. The van der Waals surface area contributed by atoms with Crippen molar-refractivity contribution in [1.82, 2.24) is 5.43 Å². The maximum atomic E-state index is 12.4. The number of benzene rings is 2. The molecule has 0 spiro atoms. The lowest BCUT2D eigenvalue weighted by atomic mass is 10.1. The Morgan fingerprint density at radius 1 is 1.12 bits per heavy atom. The minimum atomic E-state index is -0.313. The van der Waals surface area contributed by atoms with Crippen LogP contribution in [-0.4, -0.2) is 23.3 Å². The molecule has 0 aromatic heterocycles. The van der Waals surface area contributed by atoms with E-state index < -0.39 is 0 Å². The van der Waals surface area contributed by atoms with Gasteiger partial charge in [-0.2, -0.15) is 5.10 Å². The quantitative estimate of drug-likeness (QED) is 0.601. The molecule has 0 unspecified atom stereocenters. The van der Waals surface area contributed by atoms with E-state index in [4.69, 9.17) is 4.74 Å². The van der Waals surface area contributed by atoms with Crippen molar-refractivity contribution < 1.29 is 14.6 Å². The van der Waals surface area contributed by atoms with Crippen LogP contribution in [0.2, 0.25) is 0 Å². The third-order valence-electron chi connectivity index (χ3n) is 3.42. The van der Waals surface area contributed by atoms with Gasteiger partial charge in [-0.15, -0.1) is 0 Å². The standard InChI is InChI=1S/C19H22N2O3/c1-3-13-24-18-8-6-5-7-16(18)19(23)21-20-17(4-2)14-9-11-15(22)12-10-14/h5-12,22H,3-4,13H2,1-2H3,(H,21,23). The Morgan fingerprint density at radius 2 is 1.83 bits per heavy atom. The van der Waals surface area contributed by atoms with Gasteiger partial charge in [0.25, 0.3) is 5.91 Å². The molecule has 0 fully saturated rings.